The van der Waals surface area contributed by atoms with Gasteiger partial charge in [0.25, 0.3) is 5.88 Å². The third-order valence-electron chi connectivity index (χ3n) is 4.89. The molecular formula is C22H19N5O3. The van der Waals surface area contributed by atoms with Crippen molar-refractivity contribution in [3.05, 3.63) is 72.3 Å². The first-order valence-corrected chi connectivity index (χ1v) is 9.69. The maximum Gasteiger partial charge on any atom is 0.263 e. The van der Waals surface area contributed by atoms with Gasteiger partial charge in [-0.15, -0.1) is 0 Å². The standard InChI is InChI=1S/C22H19N5O3/c28-19(20-25-17-3-1-2-4-18(17)26-20)15-5-7-16(8-6-15)30-22-21(23-9-10-24-22)27-11-13-29-14-12-27/h1-10H,11-14H2,(H,25,26). The van der Waals surface area contributed by atoms with Gasteiger partial charge in [-0.05, 0) is 36.4 Å². The lowest BCUT2D eigenvalue weighted by Gasteiger charge is -2.28. The number of para-hydroxylation sites is 2. The summed E-state index contributed by atoms with van der Waals surface area (Å²) in [7, 11) is 0. The molecule has 0 radical (unpaired) electrons. The van der Waals surface area contributed by atoms with E-state index in [1.807, 2.05) is 24.3 Å². The van der Waals surface area contributed by atoms with Crippen molar-refractivity contribution < 1.29 is 14.3 Å². The lowest BCUT2D eigenvalue weighted by molar-refractivity contribution is 0.103. The molecule has 5 rings (SSSR count). The van der Waals surface area contributed by atoms with Crippen molar-refractivity contribution in [1.82, 2.24) is 19.9 Å². The van der Waals surface area contributed by atoms with Crippen molar-refractivity contribution in [3.63, 3.8) is 0 Å². The normalized spacial score (nSPS) is 14.1. The van der Waals surface area contributed by atoms with Crippen molar-refractivity contribution in [3.8, 4) is 11.6 Å². The number of hydrogen-bond donors (Lipinski definition) is 1. The molecule has 150 valence electrons. The van der Waals surface area contributed by atoms with E-state index in [0.717, 1.165) is 24.1 Å². The predicted molar refractivity (Wildman–Crippen MR) is 111 cm³/mol. The van der Waals surface area contributed by atoms with Crippen LogP contribution in [0.3, 0.4) is 0 Å². The minimum atomic E-state index is -0.175. The second-order valence-electron chi connectivity index (χ2n) is 6.84. The minimum absolute atomic E-state index is 0.175. The fraction of sp³-hybridized carbons (Fsp3) is 0.182. The number of imidazole rings is 1. The van der Waals surface area contributed by atoms with Crippen molar-refractivity contribution in [2.24, 2.45) is 0 Å². The molecule has 0 atom stereocenters. The topological polar surface area (TPSA) is 93.2 Å². The van der Waals surface area contributed by atoms with Crippen LogP contribution in [0.5, 0.6) is 11.6 Å². The number of carbonyl (C=O) groups is 1. The zero-order valence-electron chi connectivity index (χ0n) is 16.1. The van der Waals surface area contributed by atoms with E-state index in [1.165, 1.54) is 0 Å². The third-order valence-corrected chi connectivity index (χ3v) is 4.89. The molecule has 0 unspecified atom stereocenters. The first kappa shape index (κ1) is 18.3. The smallest absolute Gasteiger partial charge is 0.263 e. The number of hydrogen-bond acceptors (Lipinski definition) is 7. The van der Waals surface area contributed by atoms with Gasteiger partial charge in [-0.3, -0.25) is 4.79 Å². The maximum absolute atomic E-state index is 12.8. The second-order valence-corrected chi connectivity index (χ2v) is 6.84. The van der Waals surface area contributed by atoms with Gasteiger partial charge in [-0.2, -0.15) is 0 Å². The average molecular weight is 401 g/mol. The monoisotopic (exact) mass is 401 g/mol. The number of H-pyrrole nitrogens is 1. The minimum Gasteiger partial charge on any atom is -0.436 e. The van der Waals surface area contributed by atoms with Gasteiger partial charge in [0.05, 0.1) is 24.2 Å². The van der Waals surface area contributed by atoms with Crippen molar-refractivity contribution in [1.29, 1.82) is 0 Å². The van der Waals surface area contributed by atoms with Gasteiger partial charge in [0.1, 0.15) is 5.75 Å². The lowest BCUT2D eigenvalue weighted by Crippen LogP contribution is -2.37. The summed E-state index contributed by atoms with van der Waals surface area (Å²) in [6, 6.07) is 14.5. The Morgan fingerprint density at radius 1 is 1.00 bits per heavy atom. The maximum atomic E-state index is 12.8. The first-order valence-electron chi connectivity index (χ1n) is 9.69. The number of ether oxygens (including phenoxy) is 2. The molecule has 4 aromatic rings. The summed E-state index contributed by atoms with van der Waals surface area (Å²) in [4.78, 5) is 31.0. The summed E-state index contributed by atoms with van der Waals surface area (Å²) in [5.74, 6) is 1.82. The Kier molecular flexibility index (Phi) is 4.82. The van der Waals surface area contributed by atoms with E-state index in [-0.39, 0.29) is 5.78 Å². The van der Waals surface area contributed by atoms with Crippen LogP contribution in [0.4, 0.5) is 5.82 Å². The summed E-state index contributed by atoms with van der Waals surface area (Å²) in [6.45, 7) is 2.77. The van der Waals surface area contributed by atoms with Crippen molar-refractivity contribution >= 4 is 22.6 Å². The number of benzene rings is 2. The second kappa shape index (κ2) is 7.92. The van der Waals surface area contributed by atoms with E-state index in [4.69, 9.17) is 9.47 Å². The Hall–Kier alpha value is -3.78. The fourth-order valence-corrected chi connectivity index (χ4v) is 3.37. The van der Waals surface area contributed by atoms with Gasteiger partial charge < -0.3 is 19.4 Å². The van der Waals surface area contributed by atoms with Gasteiger partial charge in [-0.25, -0.2) is 15.0 Å². The molecule has 1 aliphatic rings. The molecule has 0 saturated carbocycles. The SMILES string of the molecule is O=C(c1ccc(Oc2nccnc2N2CCOCC2)cc1)c1nc2ccccc2[nH]1. The summed E-state index contributed by atoms with van der Waals surface area (Å²) in [5.41, 5.74) is 2.12. The highest BCUT2D eigenvalue weighted by atomic mass is 16.5. The molecule has 8 heteroatoms. The van der Waals surface area contributed by atoms with Gasteiger partial charge in [0.2, 0.25) is 5.78 Å². The number of rotatable bonds is 5. The Labute approximate surface area is 172 Å². The molecule has 2 aromatic heterocycles. The summed E-state index contributed by atoms with van der Waals surface area (Å²) >= 11 is 0. The van der Waals surface area contributed by atoms with E-state index in [9.17, 15) is 4.79 Å². The molecule has 1 fully saturated rings. The van der Waals surface area contributed by atoms with Crippen LogP contribution < -0.4 is 9.64 Å². The van der Waals surface area contributed by atoms with E-state index >= 15 is 0 Å². The molecule has 0 spiro atoms. The molecule has 0 bridgehead atoms. The van der Waals surface area contributed by atoms with Crippen LogP contribution in [0.1, 0.15) is 16.2 Å². The molecule has 2 aromatic carbocycles. The predicted octanol–water partition coefficient (Wildman–Crippen LogP) is 3.21. The number of carbonyl (C=O) groups excluding carboxylic acids is 1. The number of anilines is 1. The van der Waals surface area contributed by atoms with Crippen molar-refractivity contribution in [2.75, 3.05) is 31.2 Å². The molecule has 0 aliphatic carbocycles. The quantitative estimate of drug-likeness (QED) is 0.513. The summed E-state index contributed by atoms with van der Waals surface area (Å²) in [5, 5.41) is 0. The van der Waals surface area contributed by atoms with Crippen molar-refractivity contribution in [2.45, 2.75) is 0 Å². The molecule has 30 heavy (non-hydrogen) atoms. The molecule has 3 heterocycles. The number of nitrogens with one attached hydrogen (secondary N) is 1. The van der Waals surface area contributed by atoms with Crippen LogP contribution in [0, 0.1) is 0 Å². The number of nitrogens with zero attached hydrogens (tertiary/aromatic N) is 4. The van der Waals surface area contributed by atoms with Crippen LogP contribution in [0.25, 0.3) is 11.0 Å². The number of fused-ring (bicyclic) bond motifs is 1. The highest BCUT2D eigenvalue weighted by molar-refractivity contribution is 6.08. The van der Waals surface area contributed by atoms with Crippen LogP contribution in [-0.2, 0) is 4.74 Å². The Balaban J connectivity index is 1.35. The summed E-state index contributed by atoms with van der Waals surface area (Å²) in [6.07, 6.45) is 3.24. The van der Waals surface area contributed by atoms with E-state index in [0.29, 0.717) is 42.0 Å². The molecule has 8 nitrogen and oxygen atoms in total. The van der Waals surface area contributed by atoms with Gasteiger partial charge >= 0.3 is 0 Å². The Morgan fingerprint density at radius 3 is 2.57 bits per heavy atom. The zero-order chi connectivity index (χ0) is 20.3. The third kappa shape index (κ3) is 3.60. The Morgan fingerprint density at radius 2 is 1.77 bits per heavy atom. The van der Waals surface area contributed by atoms with Gasteiger partial charge in [0.15, 0.2) is 11.6 Å². The Bertz CT molecular complexity index is 1150. The number of morpholine rings is 1. The average Bonchev–Trinajstić information content (AvgIpc) is 3.24. The number of aromatic amines is 1. The van der Waals surface area contributed by atoms with Crippen LogP contribution >= 0.6 is 0 Å². The van der Waals surface area contributed by atoms with E-state index in [2.05, 4.69) is 24.8 Å². The molecular weight excluding hydrogens is 382 g/mol. The van der Waals surface area contributed by atoms with Gasteiger partial charge in [0, 0.05) is 31.0 Å². The van der Waals surface area contributed by atoms with Crippen LogP contribution in [0.15, 0.2) is 60.9 Å². The molecule has 1 N–H and O–H groups in total. The highest BCUT2D eigenvalue weighted by Crippen LogP contribution is 2.28. The highest BCUT2D eigenvalue weighted by Gasteiger charge is 2.19. The number of ketones is 1. The zero-order valence-corrected chi connectivity index (χ0v) is 16.1. The largest absolute Gasteiger partial charge is 0.436 e. The first-order chi connectivity index (χ1) is 14.8. The number of aromatic nitrogens is 4. The van der Waals surface area contributed by atoms with E-state index in [1.54, 1.807) is 36.7 Å². The molecule has 0 amide bonds. The molecule has 1 saturated heterocycles. The van der Waals surface area contributed by atoms with Crippen LogP contribution in [-0.4, -0.2) is 52.0 Å². The van der Waals surface area contributed by atoms with Crippen LogP contribution in [0.2, 0.25) is 0 Å². The lowest BCUT2D eigenvalue weighted by atomic mass is 10.1. The fourth-order valence-electron chi connectivity index (χ4n) is 3.37. The summed E-state index contributed by atoms with van der Waals surface area (Å²) < 4.78 is 11.4. The molecule has 1 aliphatic heterocycles. The van der Waals surface area contributed by atoms with Gasteiger partial charge in [-0.1, -0.05) is 12.1 Å². The van der Waals surface area contributed by atoms with E-state index < -0.39 is 0 Å².